The van der Waals surface area contributed by atoms with Gasteiger partial charge in [-0.25, -0.2) is 8.78 Å². The summed E-state index contributed by atoms with van der Waals surface area (Å²) < 4.78 is 31.2. The van der Waals surface area contributed by atoms with Crippen molar-refractivity contribution in [3.05, 3.63) is 46.6 Å². The number of furan rings is 1. The van der Waals surface area contributed by atoms with Gasteiger partial charge in [0.15, 0.2) is 11.6 Å². The molecule has 1 aromatic carbocycles. The lowest BCUT2D eigenvalue weighted by molar-refractivity contribution is 0.507. The first-order valence-corrected chi connectivity index (χ1v) is 4.66. The molecule has 0 bridgehead atoms. The molecule has 0 saturated heterocycles. The van der Waals surface area contributed by atoms with Crippen LogP contribution < -0.4 is 0 Å². The van der Waals surface area contributed by atoms with Crippen molar-refractivity contribution in [3.8, 4) is 11.3 Å². The largest absolute Gasteiger partial charge is 0.464 e. The summed E-state index contributed by atoms with van der Waals surface area (Å²) >= 11 is 3.14. The Hall–Kier alpha value is -1.16. The van der Waals surface area contributed by atoms with Crippen molar-refractivity contribution in [1.82, 2.24) is 0 Å². The van der Waals surface area contributed by atoms with Gasteiger partial charge in [-0.05, 0) is 40.2 Å². The van der Waals surface area contributed by atoms with Gasteiger partial charge >= 0.3 is 0 Å². The van der Waals surface area contributed by atoms with E-state index in [9.17, 15) is 8.78 Å². The minimum Gasteiger partial charge on any atom is -0.464 e. The van der Waals surface area contributed by atoms with Crippen LogP contribution in [0.15, 0.2) is 39.4 Å². The Kier molecular flexibility index (Phi) is 2.37. The van der Waals surface area contributed by atoms with E-state index in [-0.39, 0.29) is 0 Å². The van der Waals surface area contributed by atoms with Crippen molar-refractivity contribution in [2.24, 2.45) is 0 Å². The lowest BCUT2D eigenvalue weighted by atomic mass is 10.1. The molecule has 2 rings (SSSR count). The number of halogens is 3. The zero-order valence-corrected chi connectivity index (χ0v) is 8.51. The van der Waals surface area contributed by atoms with Gasteiger partial charge < -0.3 is 4.42 Å². The predicted molar refractivity (Wildman–Crippen MR) is 51.8 cm³/mol. The van der Waals surface area contributed by atoms with Gasteiger partial charge in [0, 0.05) is 10.0 Å². The maximum absolute atomic E-state index is 12.9. The molecular formula is C10H5BrF2O. The van der Waals surface area contributed by atoms with E-state index in [4.69, 9.17) is 4.42 Å². The van der Waals surface area contributed by atoms with Gasteiger partial charge in [0.1, 0.15) is 5.76 Å². The molecule has 0 spiro atoms. The smallest absolute Gasteiger partial charge is 0.159 e. The summed E-state index contributed by atoms with van der Waals surface area (Å²) in [5.41, 5.74) is 0.494. The molecular weight excluding hydrogens is 254 g/mol. The number of hydrogen-bond acceptors (Lipinski definition) is 1. The zero-order valence-electron chi connectivity index (χ0n) is 6.93. The Labute approximate surface area is 87.5 Å². The van der Waals surface area contributed by atoms with Gasteiger partial charge in [-0.2, -0.15) is 0 Å². The molecule has 0 aliphatic rings. The van der Waals surface area contributed by atoms with Crippen molar-refractivity contribution >= 4 is 15.9 Å². The predicted octanol–water partition coefficient (Wildman–Crippen LogP) is 3.99. The van der Waals surface area contributed by atoms with Crippen LogP contribution >= 0.6 is 15.9 Å². The molecule has 0 aliphatic carbocycles. The highest BCUT2D eigenvalue weighted by Gasteiger charge is 2.11. The van der Waals surface area contributed by atoms with Crippen molar-refractivity contribution < 1.29 is 13.2 Å². The number of rotatable bonds is 1. The molecule has 0 N–H and O–H groups in total. The maximum atomic E-state index is 12.9. The van der Waals surface area contributed by atoms with Crippen LogP contribution in [0.5, 0.6) is 0 Å². The van der Waals surface area contributed by atoms with Crippen molar-refractivity contribution in [1.29, 1.82) is 0 Å². The molecule has 1 nitrogen and oxygen atoms in total. The third-order valence-electron chi connectivity index (χ3n) is 1.80. The molecule has 0 radical (unpaired) electrons. The summed E-state index contributed by atoms with van der Waals surface area (Å²) in [7, 11) is 0. The summed E-state index contributed by atoms with van der Waals surface area (Å²) in [5.74, 6) is -1.28. The number of hydrogen-bond donors (Lipinski definition) is 0. The summed E-state index contributed by atoms with van der Waals surface area (Å²) in [6, 6.07) is 5.53. The highest BCUT2D eigenvalue weighted by atomic mass is 79.9. The zero-order chi connectivity index (χ0) is 10.1. The van der Waals surface area contributed by atoms with Gasteiger partial charge in [-0.3, -0.25) is 0 Å². The van der Waals surface area contributed by atoms with E-state index in [0.29, 0.717) is 15.8 Å². The van der Waals surface area contributed by atoms with Crippen LogP contribution in [0.2, 0.25) is 0 Å². The highest BCUT2D eigenvalue weighted by Crippen LogP contribution is 2.30. The second-order valence-corrected chi connectivity index (χ2v) is 3.58. The molecule has 0 atom stereocenters. The Bertz CT molecular complexity index is 451. The molecule has 0 aliphatic heterocycles. The van der Waals surface area contributed by atoms with E-state index in [2.05, 4.69) is 15.9 Å². The monoisotopic (exact) mass is 258 g/mol. The third-order valence-corrected chi connectivity index (χ3v) is 2.45. The van der Waals surface area contributed by atoms with E-state index < -0.39 is 11.6 Å². The first kappa shape index (κ1) is 9.40. The second kappa shape index (κ2) is 3.53. The average Bonchev–Trinajstić information content (AvgIpc) is 2.64. The fourth-order valence-electron chi connectivity index (χ4n) is 1.14. The summed E-state index contributed by atoms with van der Waals surface area (Å²) in [6.45, 7) is 0. The Morgan fingerprint density at radius 3 is 2.50 bits per heavy atom. The standard InChI is InChI=1S/C10H5BrF2O/c11-7-5-9(13)8(12)4-6(7)10-2-1-3-14-10/h1-5H. The maximum Gasteiger partial charge on any atom is 0.159 e. The van der Waals surface area contributed by atoms with Crippen LogP contribution in [-0.4, -0.2) is 0 Å². The first-order valence-electron chi connectivity index (χ1n) is 3.87. The van der Waals surface area contributed by atoms with Gasteiger partial charge in [0.25, 0.3) is 0 Å². The van der Waals surface area contributed by atoms with Crippen LogP contribution in [0.25, 0.3) is 11.3 Å². The molecule has 4 heteroatoms. The van der Waals surface area contributed by atoms with Crippen LogP contribution in [0.4, 0.5) is 8.78 Å². The topological polar surface area (TPSA) is 13.1 Å². The number of benzene rings is 1. The molecule has 0 saturated carbocycles. The van der Waals surface area contributed by atoms with Crippen LogP contribution in [0.3, 0.4) is 0 Å². The van der Waals surface area contributed by atoms with Crippen LogP contribution in [0, 0.1) is 11.6 Å². The average molecular weight is 259 g/mol. The molecule has 72 valence electrons. The Morgan fingerprint density at radius 1 is 1.14 bits per heavy atom. The fraction of sp³-hybridized carbons (Fsp3) is 0. The lowest BCUT2D eigenvalue weighted by Crippen LogP contribution is -1.86. The quantitative estimate of drug-likeness (QED) is 0.706. The normalized spacial score (nSPS) is 10.5. The van der Waals surface area contributed by atoms with Crippen molar-refractivity contribution in [3.63, 3.8) is 0 Å². The summed E-state index contributed by atoms with van der Waals surface area (Å²) in [6.07, 6.45) is 1.48. The van der Waals surface area contributed by atoms with Gasteiger partial charge in [-0.1, -0.05) is 0 Å². The highest BCUT2D eigenvalue weighted by molar-refractivity contribution is 9.10. The Balaban J connectivity index is 2.60. The summed E-state index contributed by atoms with van der Waals surface area (Å²) in [5, 5.41) is 0. The van der Waals surface area contributed by atoms with Gasteiger partial charge in [-0.15, -0.1) is 0 Å². The minimum atomic E-state index is -0.889. The second-order valence-electron chi connectivity index (χ2n) is 2.72. The first-order chi connectivity index (χ1) is 6.68. The van der Waals surface area contributed by atoms with Gasteiger partial charge in [0.05, 0.1) is 6.26 Å². The lowest BCUT2D eigenvalue weighted by Gasteiger charge is -2.01. The SMILES string of the molecule is Fc1cc(Br)c(-c2ccco2)cc1F. The van der Waals surface area contributed by atoms with E-state index in [1.54, 1.807) is 12.1 Å². The van der Waals surface area contributed by atoms with Gasteiger partial charge in [0.2, 0.25) is 0 Å². The molecule has 14 heavy (non-hydrogen) atoms. The van der Waals surface area contributed by atoms with Crippen LogP contribution in [-0.2, 0) is 0 Å². The van der Waals surface area contributed by atoms with Crippen LogP contribution in [0.1, 0.15) is 0 Å². The molecule has 1 heterocycles. The molecule has 2 aromatic rings. The fourth-order valence-corrected chi connectivity index (χ4v) is 1.65. The third kappa shape index (κ3) is 1.57. The molecule has 1 aromatic heterocycles. The van der Waals surface area contributed by atoms with Crippen molar-refractivity contribution in [2.45, 2.75) is 0 Å². The molecule has 0 fully saturated rings. The minimum absolute atomic E-state index is 0.464. The van der Waals surface area contributed by atoms with E-state index in [1.807, 2.05) is 0 Å². The van der Waals surface area contributed by atoms with Crippen molar-refractivity contribution in [2.75, 3.05) is 0 Å². The van der Waals surface area contributed by atoms with E-state index in [0.717, 1.165) is 12.1 Å². The Morgan fingerprint density at radius 2 is 1.86 bits per heavy atom. The van der Waals surface area contributed by atoms with E-state index in [1.165, 1.54) is 6.26 Å². The molecule has 0 unspecified atom stereocenters. The summed E-state index contributed by atoms with van der Waals surface area (Å²) in [4.78, 5) is 0. The van der Waals surface area contributed by atoms with E-state index >= 15 is 0 Å². The molecule has 0 amide bonds.